The molecule has 0 bridgehead atoms. The normalized spacial score (nSPS) is 17.2. The van der Waals surface area contributed by atoms with Gasteiger partial charge in [-0.1, -0.05) is 24.3 Å². The van der Waals surface area contributed by atoms with E-state index >= 15 is 0 Å². The molecule has 1 aliphatic rings. The van der Waals surface area contributed by atoms with E-state index in [1.807, 2.05) is 30.3 Å². The number of hydrogen-bond acceptors (Lipinski definition) is 6. The molecule has 3 rings (SSSR count). The van der Waals surface area contributed by atoms with Gasteiger partial charge in [-0.25, -0.2) is 4.99 Å². The van der Waals surface area contributed by atoms with Crippen LogP contribution in [0.1, 0.15) is 5.56 Å². The monoisotopic (exact) mass is 341 g/mol. The summed E-state index contributed by atoms with van der Waals surface area (Å²) in [6, 6.07) is 13.1. The molecule has 1 fully saturated rings. The standard InChI is InChI=1S/C16H11N3O4S/c20-13-7-6-10(8-12(13)19(22)23)9-14-15(21)18-16(24-14)17-11-4-2-1-3-5-11/h1-9,20H,(H,17,18,21)/b14-9-. The van der Waals surface area contributed by atoms with Crippen molar-refractivity contribution < 1.29 is 14.8 Å². The van der Waals surface area contributed by atoms with Crippen molar-refractivity contribution in [2.75, 3.05) is 0 Å². The molecule has 1 amide bonds. The number of benzene rings is 2. The summed E-state index contributed by atoms with van der Waals surface area (Å²) in [4.78, 5) is 26.9. The Bertz CT molecular complexity index is 878. The van der Waals surface area contributed by atoms with Crippen LogP contribution in [0.3, 0.4) is 0 Å². The van der Waals surface area contributed by atoms with E-state index in [1.54, 1.807) is 0 Å². The first kappa shape index (κ1) is 15.8. The van der Waals surface area contributed by atoms with Gasteiger partial charge in [-0.3, -0.25) is 14.9 Å². The second-order valence-electron chi connectivity index (χ2n) is 4.82. The summed E-state index contributed by atoms with van der Waals surface area (Å²) in [6.45, 7) is 0. The van der Waals surface area contributed by atoms with Gasteiger partial charge >= 0.3 is 5.69 Å². The molecular formula is C16H11N3O4S. The number of nitrogens with zero attached hydrogens (tertiary/aromatic N) is 2. The number of aromatic hydroxyl groups is 1. The highest BCUT2D eigenvalue weighted by Crippen LogP contribution is 2.31. The van der Waals surface area contributed by atoms with E-state index in [0.717, 1.165) is 11.8 Å². The molecule has 0 saturated carbocycles. The number of amides is 1. The predicted molar refractivity (Wildman–Crippen MR) is 92.0 cm³/mol. The van der Waals surface area contributed by atoms with E-state index in [4.69, 9.17) is 0 Å². The van der Waals surface area contributed by atoms with Gasteiger partial charge < -0.3 is 10.4 Å². The van der Waals surface area contributed by atoms with Crippen molar-refractivity contribution in [2.24, 2.45) is 4.99 Å². The molecule has 8 heteroatoms. The fourth-order valence-electron chi connectivity index (χ4n) is 2.03. The third-order valence-corrected chi connectivity index (χ3v) is 4.04. The average Bonchev–Trinajstić information content (AvgIpc) is 2.89. The van der Waals surface area contributed by atoms with Crippen LogP contribution in [0.2, 0.25) is 0 Å². The van der Waals surface area contributed by atoms with E-state index in [-0.39, 0.29) is 5.91 Å². The zero-order valence-electron chi connectivity index (χ0n) is 12.2. The number of rotatable bonds is 3. The number of nitrogens with one attached hydrogen (secondary N) is 1. The quantitative estimate of drug-likeness (QED) is 0.507. The molecule has 120 valence electrons. The van der Waals surface area contributed by atoms with Gasteiger partial charge in [0, 0.05) is 6.07 Å². The lowest BCUT2D eigenvalue weighted by Gasteiger charge is -1.98. The van der Waals surface area contributed by atoms with E-state index in [9.17, 15) is 20.0 Å². The van der Waals surface area contributed by atoms with Crippen LogP contribution in [-0.4, -0.2) is 21.1 Å². The van der Waals surface area contributed by atoms with Crippen LogP contribution in [0.4, 0.5) is 11.4 Å². The molecule has 1 saturated heterocycles. The third-order valence-electron chi connectivity index (χ3n) is 3.13. The van der Waals surface area contributed by atoms with E-state index in [0.29, 0.717) is 21.3 Å². The molecule has 24 heavy (non-hydrogen) atoms. The average molecular weight is 341 g/mol. The maximum atomic E-state index is 12.0. The highest BCUT2D eigenvalue weighted by molar-refractivity contribution is 8.18. The summed E-state index contributed by atoms with van der Waals surface area (Å²) in [5.41, 5.74) is 0.742. The Morgan fingerprint density at radius 3 is 2.67 bits per heavy atom. The summed E-state index contributed by atoms with van der Waals surface area (Å²) in [5, 5.41) is 23.4. The Morgan fingerprint density at radius 2 is 1.96 bits per heavy atom. The van der Waals surface area contributed by atoms with E-state index < -0.39 is 16.4 Å². The van der Waals surface area contributed by atoms with Crippen molar-refractivity contribution in [2.45, 2.75) is 0 Å². The molecule has 0 unspecified atom stereocenters. The van der Waals surface area contributed by atoms with Crippen LogP contribution in [0.15, 0.2) is 58.4 Å². The molecule has 0 radical (unpaired) electrons. The Hall–Kier alpha value is -3.13. The minimum Gasteiger partial charge on any atom is -0.502 e. The number of nitro benzene ring substituents is 1. The fourth-order valence-corrected chi connectivity index (χ4v) is 2.87. The summed E-state index contributed by atoms with van der Waals surface area (Å²) >= 11 is 1.14. The van der Waals surface area contributed by atoms with Crippen molar-refractivity contribution in [3.05, 3.63) is 69.1 Å². The van der Waals surface area contributed by atoms with Gasteiger partial charge in [0.1, 0.15) is 0 Å². The Balaban J connectivity index is 1.87. The summed E-state index contributed by atoms with van der Waals surface area (Å²) < 4.78 is 0. The number of nitro groups is 1. The second kappa shape index (κ2) is 6.55. The SMILES string of the molecule is O=C1NC(=Nc2ccccc2)S/C1=C\c1ccc(O)c([N+](=O)[O-])c1. The largest absolute Gasteiger partial charge is 0.502 e. The lowest BCUT2D eigenvalue weighted by atomic mass is 10.1. The summed E-state index contributed by atoms with van der Waals surface area (Å²) in [5.74, 6) is -0.748. The first-order chi connectivity index (χ1) is 11.5. The number of para-hydroxylation sites is 1. The van der Waals surface area contributed by atoms with E-state index in [1.165, 1.54) is 24.3 Å². The third kappa shape index (κ3) is 3.44. The van der Waals surface area contributed by atoms with Gasteiger partial charge in [0.25, 0.3) is 5.91 Å². The Morgan fingerprint density at radius 1 is 1.21 bits per heavy atom. The second-order valence-corrected chi connectivity index (χ2v) is 5.85. The van der Waals surface area contributed by atoms with Crippen LogP contribution >= 0.6 is 11.8 Å². The van der Waals surface area contributed by atoms with Crippen LogP contribution in [-0.2, 0) is 4.79 Å². The van der Waals surface area contributed by atoms with Crippen molar-refractivity contribution in [3.63, 3.8) is 0 Å². The van der Waals surface area contributed by atoms with Crippen LogP contribution < -0.4 is 5.32 Å². The molecule has 2 N–H and O–H groups in total. The Kier molecular flexibility index (Phi) is 4.30. The van der Waals surface area contributed by atoms with Crippen LogP contribution in [0.25, 0.3) is 6.08 Å². The molecule has 1 heterocycles. The zero-order chi connectivity index (χ0) is 17.1. The van der Waals surface area contributed by atoms with Crippen molar-refractivity contribution in [1.29, 1.82) is 0 Å². The van der Waals surface area contributed by atoms with E-state index in [2.05, 4.69) is 10.3 Å². The van der Waals surface area contributed by atoms with Gasteiger partial charge in [-0.05, 0) is 41.6 Å². The molecule has 0 spiro atoms. The number of phenols is 1. The first-order valence-electron chi connectivity index (χ1n) is 6.85. The number of amidine groups is 1. The minimum atomic E-state index is -0.679. The highest BCUT2D eigenvalue weighted by Gasteiger charge is 2.24. The number of carbonyl (C=O) groups excluding carboxylic acids is 1. The maximum Gasteiger partial charge on any atom is 0.311 e. The first-order valence-corrected chi connectivity index (χ1v) is 7.66. The van der Waals surface area contributed by atoms with Crippen LogP contribution in [0, 0.1) is 10.1 Å². The molecule has 7 nitrogen and oxygen atoms in total. The number of hydrogen-bond donors (Lipinski definition) is 2. The van der Waals surface area contributed by atoms with Crippen molar-refractivity contribution in [3.8, 4) is 5.75 Å². The van der Waals surface area contributed by atoms with Gasteiger partial charge in [0.05, 0.1) is 15.5 Å². The molecule has 0 aromatic heterocycles. The Labute approximate surface area is 140 Å². The molecule has 2 aromatic carbocycles. The zero-order valence-corrected chi connectivity index (χ0v) is 13.0. The molecular weight excluding hydrogens is 330 g/mol. The van der Waals surface area contributed by atoms with Crippen LogP contribution in [0.5, 0.6) is 5.75 Å². The molecule has 1 aliphatic heterocycles. The predicted octanol–water partition coefficient (Wildman–Crippen LogP) is 3.19. The number of phenolic OH excluding ortho intramolecular Hbond substituents is 1. The number of carbonyl (C=O) groups is 1. The van der Waals surface area contributed by atoms with Gasteiger partial charge in [0.2, 0.25) is 0 Å². The van der Waals surface area contributed by atoms with Gasteiger partial charge in [-0.2, -0.15) is 0 Å². The minimum absolute atomic E-state index is 0.328. The summed E-state index contributed by atoms with van der Waals surface area (Å²) in [7, 11) is 0. The van der Waals surface area contributed by atoms with Crippen molar-refractivity contribution >= 4 is 40.3 Å². The van der Waals surface area contributed by atoms with Gasteiger partial charge in [-0.15, -0.1) is 0 Å². The maximum absolute atomic E-state index is 12.0. The lowest BCUT2D eigenvalue weighted by molar-refractivity contribution is -0.385. The fraction of sp³-hybridized carbons (Fsp3) is 0. The highest BCUT2D eigenvalue weighted by atomic mass is 32.2. The number of thioether (sulfide) groups is 1. The van der Waals surface area contributed by atoms with Gasteiger partial charge in [0.15, 0.2) is 10.9 Å². The number of aliphatic imine (C=N–C) groups is 1. The summed E-state index contributed by atoms with van der Waals surface area (Å²) in [6.07, 6.45) is 1.51. The topological polar surface area (TPSA) is 105 Å². The lowest BCUT2D eigenvalue weighted by Crippen LogP contribution is -2.19. The molecule has 0 aliphatic carbocycles. The smallest absolute Gasteiger partial charge is 0.311 e. The van der Waals surface area contributed by atoms with Crippen molar-refractivity contribution in [1.82, 2.24) is 5.32 Å². The molecule has 2 aromatic rings. The molecule has 0 atom stereocenters.